The lowest BCUT2D eigenvalue weighted by Gasteiger charge is -2.17. The molecule has 0 spiro atoms. The number of aryl methyl sites for hydroxylation is 1. The Bertz CT molecular complexity index is 520. The van der Waals surface area contributed by atoms with Gasteiger partial charge in [-0.05, 0) is 36.6 Å². The fraction of sp³-hybridized carbons (Fsp3) is 0.294. The Morgan fingerprint density at radius 3 is 2.05 bits per heavy atom. The van der Waals surface area contributed by atoms with Crippen molar-refractivity contribution in [3.8, 4) is 5.75 Å². The van der Waals surface area contributed by atoms with E-state index in [0.29, 0.717) is 0 Å². The molecule has 3 nitrogen and oxygen atoms in total. The van der Waals surface area contributed by atoms with E-state index in [4.69, 9.17) is 10.6 Å². The molecule has 0 fully saturated rings. The van der Waals surface area contributed by atoms with Crippen molar-refractivity contribution in [2.24, 2.45) is 5.84 Å². The number of hydrogen-bond donors (Lipinski definition) is 2. The van der Waals surface area contributed by atoms with Crippen LogP contribution in [-0.4, -0.2) is 6.61 Å². The maximum atomic E-state index is 5.71. The Labute approximate surface area is 120 Å². The average molecular weight is 270 g/mol. The molecule has 2 aromatic rings. The van der Waals surface area contributed by atoms with E-state index in [1.807, 2.05) is 12.1 Å². The molecule has 0 radical (unpaired) electrons. The van der Waals surface area contributed by atoms with Gasteiger partial charge in [-0.3, -0.25) is 5.84 Å². The van der Waals surface area contributed by atoms with E-state index in [2.05, 4.69) is 55.7 Å². The fourth-order valence-electron chi connectivity index (χ4n) is 2.12. The normalized spacial score (nSPS) is 12.2. The minimum atomic E-state index is -0.00387. The number of rotatable bonds is 6. The second kappa shape index (κ2) is 7.08. The SMILES string of the molecule is CCCOc1ccc(C(NN)c2ccc(C)cc2)cc1. The molecular formula is C17H22N2O. The van der Waals surface area contributed by atoms with Crippen LogP contribution in [0.2, 0.25) is 0 Å². The fourth-order valence-corrected chi connectivity index (χ4v) is 2.12. The zero-order chi connectivity index (χ0) is 14.4. The van der Waals surface area contributed by atoms with Crippen LogP contribution in [0.5, 0.6) is 5.75 Å². The highest BCUT2D eigenvalue weighted by atomic mass is 16.5. The molecule has 1 unspecified atom stereocenters. The molecule has 1 atom stereocenters. The summed E-state index contributed by atoms with van der Waals surface area (Å²) in [5, 5.41) is 0. The van der Waals surface area contributed by atoms with Gasteiger partial charge in [-0.2, -0.15) is 0 Å². The molecule has 0 bridgehead atoms. The van der Waals surface area contributed by atoms with Crippen molar-refractivity contribution in [3.05, 3.63) is 65.2 Å². The molecule has 3 N–H and O–H groups in total. The molecule has 3 heteroatoms. The van der Waals surface area contributed by atoms with Gasteiger partial charge in [0.15, 0.2) is 0 Å². The lowest BCUT2D eigenvalue weighted by Crippen LogP contribution is -2.28. The number of hydrogen-bond acceptors (Lipinski definition) is 3. The highest BCUT2D eigenvalue weighted by Gasteiger charge is 2.12. The summed E-state index contributed by atoms with van der Waals surface area (Å²) in [5.74, 6) is 6.61. The van der Waals surface area contributed by atoms with Crippen LogP contribution in [0.25, 0.3) is 0 Å². The van der Waals surface area contributed by atoms with Crippen LogP contribution in [0.3, 0.4) is 0 Å². The molecule has 2 aromatic carbocycles. The largest absolute Gasteiger partial charge is 0.494 e. The molecule has 0 aliphatic rings. The minimum Gasteiger partial charge on any atom is -0.494 e. The van der Waals surface area contributed by atoms with E-state index >= 15 is 0 Å². The summed E-state index contributed by atoms with van der Waals surface area (Å²) in [6, 6.07) is 16.5. The van der Waals surface area contributed by atoms with Gasteiger partial charge in [0, 0.05) is 0 Å². The Hall–Kier alpha value is -1.84. The first kappa shape index (κ1) is 14.6. The van der Waals surface area contributed by atoms with Gasteiger partial charge in [-0.1, -0.05) is 48.9 Å². The quantitative estimate of drug-likeness (QED) is 0.625. The van der Waals surface area contributed by atoms with Gasteiger partial charge in [-0.25, -0.2) is 5.43 Å². The summed E-state index contributed by atoms with van der Waals surface area (Å²) < 4.78 is 5.59. The smallest absolute Gasteiger partial charge is 0.119 e. The number of hydrazine groups is 1. The molecule has 106 valence electrons. The van der Waals surface area contributed by atoms with Gasteiger partial charge < -0.3 is 4.74 Å². The molecule has 0 aromatic heterocycles. The molecule has 0 saturated heterocycles. The number of ether oxygens (including phenoxy) is 1. The van der Waals surface area contributed by atoms with Crippen LogP contribution in [0.15, 0.2) is 48.5 Å². The van der Waals surface area contributed by atoms with Crippen LogP contribution in [0.4, 0.5) is 0 Å². The number of nitrogens with two attached hydrogens (primary N) is 1. The predicted molar refractivity (Wildman–Crippen MR) is 82.6 cm³/mol. The third-order valence-electron chi connectivity index (χ3n) is 3.26. The highest BCUT2D eigenvalue weighted by Crippen LogP contribution is 2.23. The maximum absolute atomic E-state index is 5.71. The molecule has 2 rings (SSSR count). The van der Waals surface area contributed by atoms with Crippen molar-refractivity contribution >= 4 is 0 Å². The second-order valence-corrected chi connectivity index (χ2v) is 4.93. The summed E-state index contributed by atoms with van der Waals surface area (Å²) in [4.78, 5) is 0. The topological polar surface area (TPSA) is 47.3 Å². The summed E-state index contributed by atoms with van der Waals surface area (Å²) in [6.07, 6.45) is 1.01. The number of benzene rings is 2. The Balaban J connectivity index is 2.17. The van der Waals surface area contributed by atoms with Gasteiger partial charge in [0.05, 0.1) is 12.6 Å². The summed E-state index contributed by atoms with van der Waals surface area (Å²) >= 11 is 0. The van der Waals surface area contributed by atoms with E-state index in [-0.39, 0.29) is 6.04 Å². The standard InChI is InChI=1S/C17H22N2O/c1-3-12-20-16-10-8-15(9-11-16)17(19-18)14-6-4-13(2)5-7-14/h4-11,17,19H,3,12,18H2,1-2H3. The van der Waals surface area contributed by atoms with E-state index in [1.54, 1.807) is 0 Å². The van der Waals surface area contributed by atoms with Gasteiger partial charge in [0.1, 0.15) is 5.75 Å². The molecular weight excluding hydrogens is 248 g/mol. The average Bonchev–Trinajstić information content (AvgIpc) is 2.49. The molecule has 20 heavy (non-hydrogen) atoms. The van der Waals surface area contributed by atoms with E-state index in [1.165, 1.54) is 5.56 Å². The van der Waals surface area contributed by atoms with E-state index in [0.717, 1.165) is 29.9 Å². The first-order chi connectivity index (χ1) is 9.74. The molecule has 0 heterocycles. The van der Waals surface area contributed by atoms with Crippen LogP contribution >= 0.6 is 0 Å². The Morgan fingerprint density at radius 2 is 1.55 bits per heavy atom. The summed E-state index contributed by atoms with van der Waals surface area (Å²) in [7, 11) is 0. The van der Waals surface area contributed by atoms with Crippen molar-refractivity contribution in [2.45, 2.75) is 26.3 Å². The van der Waals surface area contributed by atoms with Crippen molar-refractivity contribution in [1.82, 2.24) is 5.43 Å². The Morgan fingerprint density at radius 1 is 1.00 bits per heavy atom. The second-order valence-electron chi connectivity index (χ2n) is 4.93. The third kappa shape index (κ3) is 3.59. The van der Waals surface area contributed by atoms with Gasteiger partial charge in [0.25, 0.3) is 0 Å². The first-order valence-electron chi connectivity index (χ1n) is 7.00. The molecule has 0 aliphatic carbocycles. The van der Waals surface area contributed by atoms with Crippen molar-refractivity contribution in [3.63, 3.8) is 0 Å². The van der Waals surface area contributed by atoms with Crippen LogP contribution in [-0.2, 0) is 0 Å². The van der Waals surface area contributed by atoms with Crippen LogP contribution < -0.4 is 16.0 Å². The summed E-state index contributed by atoms with van der Waals surface area (Å²) in [6.45, 7) is 4.92. The zero-order valence-electron chi connectivity index (χ0n) is 12.1. The van der Waals surface area contributed by atoms with Crippen molar-refractivity contribution in [2.75, 3.05) is 6.61 Å². The zero-order valence-corrected chi connectivity index (χ0v) is 12.1. The maximum Gasteiger partial charge on any atom is 0.119 e. The highest BCUT2D eigenvalue weighted by molar-refractivity contribution is 5.36. The molecule has 0 aliphatic heterocycles. The molecule has 0 amide bonds. The van der Waals surface area contributed by atoms with Crippen LogP contribution in [0, 0.1) is 6.92 Å². The predicted octanol–water partition coefficient (Wildman–Crippen LogP) is 3.34. The lowest BCUT2D eigenvalue weighted by molar-refractivity contribution is 0.317. The van der Waals surface area contributed by atoms with Crippen molar-refractivity contribution < 1.29 is 4.74 Å². The Kier molecular flexibility index (Phi) is 5.16. The van der Waals surface area contributed by atoms with Gasteiger partial charge >= 0.3 is 0 Å². The van der Waals surface area contributed by atoms with Crippen molar-refractivity contribution in [1.29, 1.82) is 0 Å². The molecule has 0 saturated carbocycles. The minimum absolute atomic E-state index is 0.00387. The lowest BCUT2D eigenvalue weighted by atomic mass is 9.98. The van der Waals surface area contributed by atoms with Gasteiger partial charge in [0.2, 0.25) is 0 Å². The monoisotopic (exact) mass is 270 g/mol. The first-order valence-corrected chi connectivity index (χ1v) is 7.00. The van der Waals surface area contributed by atoms with Gasteiger partial charge in [-0.15, -0.1) is 0 Å². The van der Waals surface area contributed by atoms with E-state index in [9.17, 15) is 0 Å². The number of nitrogens with one attached hydrogen (secondary N) is 1. The third-order valence-corrected chi connectivity index (χ3v) is 3.26. The van der Waals surface area contributed by atoms with Crippen LogP contribution in [0.1, 0.15) is 36.1 Å². The van der Waals surface area contributed by atoms with E-state index < -0.39 is 0 Å². The summed E-state index contributed by atoms with van der Waals surface area (Å²) in [5.41, 5.74) is 6.40.